The average molecular weight is 440 g/mol. The molecule has 4 heteroatoms. The molecule has 33 heavy (non-hydrogen) atoms. The Bertz CT molecular complexity index is 1270. The van der Waals surface area contributed by atoms with Gasteiger partial charge in [0.1, 0.15) is 23.9 Å². The molecule has 4 aromatic rings. The summed E-state index contributed by atoms with van der Waals surface area (Å²) in [5, 5.41) is 21.9. The number of hydrogen-bond acceptors (Lipinski definition) is 4. The molecule has 1 aliphatic rings. The first-order chi connectivity index (χ1) is 16.1. The Morgan fingerprint density at radius 3 is 2.33 bits per heavy atom. The number of fused-ring (bicyclic) bond motifs is 1. The van der Waals surface area contributed by atoms with Gasteiger partial charge in [-0.1, -0.05) is 36.4 Å². The number of phenols is 2. The third kappa shape index (κ3) is 4.53. The van der Waals surface area contributed by atoms with Gasteiger partial charge >= 0.3 is 0 Å². The van der Waals surface area contributed by atoms with E-state index in [1.54, 1.807) is 24.3 Å². The van der Waals surface area contributed by atoms with E-state index in [2.05, 4.69) is 30.0 Å². The number of rotatable bonds is 6. The summed E-state index contributed by atoms with van der Waals surface area (Å²) in [6, 6.07) is 23.2. The second-order valence-electron chi connectivity index (χ2n) is 8.81. The Morgan fingerprint density at radius 1 is 0.788 bits per heavy atom. The van der Waals surface area contributed by atoms with Gasteiger partial charge in [-0.3, -0.25) is 4.90 Å². The van der Waals surface area contributed by atoms with Gasteiger partial charge in [0.15, 0.2) is 0 Å². The van der Waals surface area contributed by atoms with Crippen molar-refractivity contribution >= 4 is 10.8 Å². The van der Waals surface area contributed by atoms with Gasteiger partial charge in [0.25, 0.3) is 0 Å². The van der Waals surface area contributed by atoms with Crippen molar-refractivity contribution in [2.45, 2.75) is 19.8 Å². The lowest BCUT2D eigenvalue weighted by atomic mass is 9.88. The first-order valence-electron chi connectivity index (χ1n) is 11.6. The van der Waals surface area contributed by atoms with Crippen molar-refractivity contribution in [1.29, 1.82) is 0 Å². The molecule has 0 amide bonds. The molecule has 5 rings (SSSR count). The van der Waals surface area contributed by atoms with Gasteiger partial charge < -0.3 is 14.9 Å². The summed E-state index contributed by atoms with van der Waals surface area (Å²) in [4.78, 5) is 2.45. The van der Waals surface area contributed by atoms with Crippen LogP contribution in [0.2, 0.25) is 0 Å². The van der Waals surface area contributed by atoms with Crippen molar-refractivity contribution in [2.75, 3.05) is 26.2 Å². The number of hydrogen-bond donors (Lipinski definition) is 2. The van der Waals surface area contributed by atoms with E-state index in [0.29, 0.717) is 6.61 Å². The highest BCUT2D eigenvalue weighted by Gasteiger charge is 2.16. The third-order valence-corrected chi connectivity index (χ3v) is 6.53. The largest absolute Gasteiger partial charge is 0.508 e. The van der Waals surface area contributed by atoms with E-state index in [4.69, 9.17) is 4.74 Å². The van der Waals surface area contributed by atoms with E-state index in [-0.39, 0.29) is 11.5 Å². The van der Waals surface area contributed by atoms with E-state index < -0.39 is 0 Å². The molecule has 0 bridgehead atoms. The van der Waals surface area contributed by atoms with Crippen molar-refractivity contribution < 1.29 is 14.9 Å². The van der Waals surface area contributed by atoms with Crippen LogP contribution in [0.4, 0.5) is 0 Å². The second kappa shape index (κ2) is 9.16. The van der Waals surface area contributed by atoms with Crippen molar-refractivity contribution in [3.8, 4) is 39.5 Å². The molecular formula is C29H29NO3. The SMILES string of the molecule is Cc1ccc(OCCN2CCCC2)cc1-c1c(-c2ccc(O)cc2)ccc2cc(O)ccc12. The molecule has 4 nitrogen and oxygen atoms in total. The van der Waals surface area contributed by atoms with E-state index in [0.717, 1.165) is 50.9 Å². The summed E-state index contributed by atoms with van der Waals surface area (Å²) in [6.45, 7) is 6.08. The molecule has 0 atom stereocenters. The number of aromatic hydroxyl groups is 2. The fourth-order valence-corrected chi connectivity index (χ4v) is 4.75. The van der Waals surface area contributed by atoms with Gasteiger partial charge in [0.05, 0.1) is 0 Å². The highest BCUT2D eigenvalue weighted by Crippen LogP contribution is 2.41. The van der Waals surface area contributed by atoms with Crippen LogP contribution in [0.3, 0.4) is 0 Å². The van der Waals surface area contributed by atoms with Gasteiger partial charge in [0, 0.05) is 6.54 Å². The zero-order valence-corrected chi connectivity index (χ0v) is 18.9. The van der Waals surface area contributed by atoms with Crippen LogP contribution in [0.1, 0.15) is 18.4 Å². The van der Waals surface area contributed by atoms with Crippen molar-refractivity contribution in [3.63, 3.8) is 0 Å². The summed E-state index contributed by atoms with van der Waals surface area (Å²) in [7, 11) is 0. The summed E-state index contributed by atoms with van der Waals surface area (Å²) >= 11 is 0. The smallest absolute Gasteiger partial charge is 0.120 e. The number of likely N-dealkylation sites (tertiary alicyclic amines) is 1. The van der Waals surface area contributed by atoms with Gasteiger partial charge in [-0.15, -0.1) is 0 Å². The predicted molar refractivity (Wildman–Crippen MR) is 134 cm³/mol. The lowest BCUT2D eigenvalue weighted by Crippen LogP contribution is -2.25. The zero-order valence-electron chi connectivity index (χ0n) is 18.9. The monoisotopic (exact) mass is 439 g/mol. The van der Waals surface area contributed by atoms with Crippen LogP contribution in [0.25, 0.3) is 33.0 Å². The maximum atomic E-state index is 10.0. The fourth-order valence-electron chi connectivity index (χ4n) is 4.75. The molecule has 1 fully saturated rings. The fraction of sp³-hybridized carbons (Fsp3) is 0.241. The van der Waals surface area contributed by atoms with Crippen molar-refractivity contribution in [3.05, 3.63) is 78.4 Å². The second-order valence-corrected chi connectivity index (χ2v) is 8.81. The van der Waals surface area contributed by atoms with Crippen molar-refractivity contribution in [1.82, 2.24) is 4.90 Å². The minimum Gasteiger partial charge on any atom is -0.508 e. The third-order valence-electron chi connectivity index (χ3n) is 6.53. The topological polar surface area (TPSA) is 52.9 Å². The van der Waals surface area contributed by atoms with Crippen LogP contribution in [0, 0.1) is 6.92 Å². The molecular weight excluding hydrogens is 410 g/mol. The van der Waals surface area contributed by atoms with Crippen LogP contribution in [0.5, 0.6) is 17.2 Å². The van der Waals surface area contributed by atoms with Crippen LogP contribution < -0.4 is 4.74 Å². The molecule has 0 saturated carbocycles. The Kier molecular flexibility index (Phi) is 5.93. The van der Waals surface area contributed by atoms with Gasteiger partial charge in [0.2, 0.25) is 0 Å². The van der Waals surface area contributed by atoms with Crippen LogP contribution in [0.15, 0.2) is 72.8 Å². The lowest BCUT2D eigenvalue weighted by Gasteiger charge is -2.18. The summed E-state index contributed by atoms with van der Waals surface area (Å²) in [6.07, 6.45) is 2.57. The molecule has 168 valence electrons. The molecule has 1 heterocycles. The predicted octanol–water partition coefficient (Wildman–Crippen LogP) is 6.37. The van der Waals surface area contributed by atoms with Crippen LogP contribution >= 0.6 is 0 Å². The molecule has 0 aromatic heterocycles. The van der Waals surface area contributed by atoms with Crippen LogP contribution in [-0.4, -0.2) is 41.4 Å². The number of ether oxygens (including phenoxy) is 1. The zero-order chi connectivity index (χ0) is 22.8. The highest BCUT2D eigenvalue weighted by atomic mass is 16.5. The van der Waals surface area contributed by atoms with Gasteiger partial charge in [-0.05, 0) is 108 Å². The summed E-state index contributed by atoms with van der Waals surface area (Å²) in [5.41, 5.74) is 5.46. The maximum Gasteiger partial charge on any atom is 0.120 e. The first kappa shape index (κ1) is 21.4. The Labute approximate surface area is 194 Å². The van der Waals surface area contributed by atoms with E-state index in [9.17, 15) is 10.2 Å². The number of phenolic OH excluding ortho intramolecular Hbond substituents is 2. The number of nitrogens with zero attached hydrogens (tertiary/aromatic N) is 1. The van der Waals surface area contributed by atoms with Crippen LogP contribution in [-0.2, 0) is 0 Å². The lowest BCUT2D eigenvalue weighted by molar-refractivity contribution is 0.238. The molecule has 0 spiro atoms. The summed E-state index contributed by atoms with van der Waals surface area (Å²) in [5.74, 6) is 1.36. The standard InChI is InChI=1S/C29H29NO3/c1-20-4-11-25(33-17-16-30-14-2-3-15-30)19-28(20)29-26(21-5-8-23(31)9-6-21)12-7-22-18-24(32)10-13-27(22)29/h4-13,18-19,31-32H,2-3,14-17H2,1H3. The molecule has 0 aliphatic carbocycles. The number of benzene rings is 4. The molecule has 1 saturated heterocycles. The highest BCUT2D eigenvalue weighted by molar-refractivity contribution is 6.05. The van der Waals surface area contributed by atoms with Gasteiger partial charge in [-0.2, -0.15) is 0 Å². The maximum absolute atomic E-state index is 10.0. The Morgan fingerprint density at radius 2 is 1.55 bits per heavy atom. The van der Waals surface area contributed by atoms with Crippen molar-refractivity contribution in [2.24, 2.45) is 0 Å². The minimum atomic E-state index is 0.246. The minimum absolute atomic E-state index is 0.246. The van der Waals surface area contributed by atoms with E-state index in [1.165, 1.54) is 25.9 Å². The average Bonchev–Trinajstić information content (AvgIpc) is 3.34. The quantitative estimate of drug-likeness (QED) is 0.367. The normalized spacial score (nSPS) is 14.1. The van der Waals surface area contributed by atoms with Gasteiger partial charge in [-0.25, -0.2) is 0 Å². The molecule has 4 aromatic carbocycles. The molecule has 1 aliphatic heterocycles. The van der Waals surface area contributed by atoms with E-state index in [1.807, 2.05) is 30.3 Å². The molecule has 2 N–H and O–H groups in total. The summed E-state index contributed by atoms with van der Waals surface area (Å²) < 4.78 is 6.16. The molecule has 0 unspecified atom stereocenters. The Hall–Kier alpha value is -3.50. The van der Waals surface area contributed by atoms with E-state index >= 15 is 0 Å². The Balaban J connectivity index is 1.58. The molecule has 0 radical (unpaired) electrons. The first-order valence-corrected chi connectivity index (χ1v) is 11.6. The number of aryl methyl sites for hydroxylation is 1.